The van der Waals surface area contributed by atoms with Gasteiger partial charge in [-0.15, -0.1) is 0 Å². The SMILES string of the molecule is C[SiH](C)C1CCN(C(C)(C)C)C1=O. The van der Waals surface area contributed by atoms with Crippen LogP contribution in [0.15, 0.2) is 0 Å². The number of amides is 1. The Balaban J connectivity index is 2.72. The van der Waals surface area contributed by atoms with Crippen LogP contribution in [-0.2, 0) is 4.79 Å². The van der Waals surface area contributed by atoms with Crippen LogP contribution in [-0.4, -0.2) is 31.7 Å². The van der Waals surface area contributed by atoms with Gasteiger partial charge in [-0.3, -0.25) is 4.79 Å². The fourth-order valence-electron chi connectivity index (χ4n) is 1.99. The molecule has 0 bridgehead atoms. The molecular weight excluding hydrogens is 178 g/mol. The lowest BCUT2D eigenvalue weighted by Gasteiger charge is -2.32. The average Bonchev–Trinajstić information content (AvgIpc) is 2.28. The normalized spacial score (nSPS) is 24.6. The zero-order valence-corrected chi connectivity index (χ0v) is 10.6. The number of hydrogen-bond acceptors (Lipinski definition) is 1. The Bertz CT molecular complexity index is 207. The minimum absolute atomic E-state index is 0.0229. The van der Waals surface area contributed by atoms with E-state index in [0.29, 0.717) is 11.4 Å². The van der Waals surface area contributed by atoms with Crippen LogP contribution in [0.4, 0.5) is 0 Å². The molecule has 0 N–H and O–H groups in total. The van der Waals surface area contributed by atoms with Gasteiger partial charge < -0.3 is 4.90 Å². The molecule has 1 aliphatic rings. The molecule has 0 saturated carbocycles. The lowest BCUT2D eigenvalue weighted by molar-refractivity contribution is -0.131. The molecule has 1 saturated heterocycles. The predicted octanol–water partition coefficient (Wildman–Crippen LogP) is 1.87. The predicted molar refractivity (Wildman–Crippen MR) is 58.7 cm³/mol. The Hall–Kier alpha value is -0.313. The van der Waals surface area contributed by atoms with Gasteiger partial charge in [-0.1, -0.05) is 13.1 Å². The number of carbonyl (C=O) groups is 1. The zero-order chi connectivity index (χ0) is 10.2. The molecule has 1 unspecified atom stereocenters. The van der Waals surface area contributed by atoms with Crippen molar-refractivity contribution in [3.63, 3.8) is 0 Å². The van der Waals surface area contributed by atoms with Crippen molar-refractivity contribution in [2.75, 3.05) is 6.54 Å². The second kappa shape index (κ2) is 3.44. The van der Waals surface area contributed by atoms with E-state index in [1.54, 1.807) is 0 Å². The van der Waals surface area contributed by atoms with Gasteiger partial charge in [0.2, 0.25) is 5.91 Å². The summed E-state index contributed by atoms with van der Waals surface area (Å²) in [7, 11) is -0.782. The number of rotatable bonds is 1. The van der Waals surface area contributed by atoms with Crippen molar-refractivity contribution in [3.8, 4) is 0 Å². The molecule has 1 atom stereocenters. The fraction of sp³-hybridized carbons (Fsp3) is 0.900. The van der Waals surface area contributed by atoms with Crippen LogP contribution in [0.5, 0.6) is 0 Å². The van der Waals surface area contributed by atoms with E-state index in [4.69, 9.17) is 0 Å². The molecule has 0 aromatic heterocycles. The smallest absolute Gasteiger partial charge is 0.223 e. The highest BCUT2D eigenvalue weighted by molar-refractivity contribution is 6.62. The van der Waals surface area contributed by atoms with E-state index in [2.05, 4.69) is 33.9 Å². The van der Waals surface area contributed by atoms with Crippen molar-refractivity contribution in [3.05, 3.63) is 0 Å². The van der Waals surface area contributed by atoms with Crippen LogP contribution in [0.2, 0.25) is 18.6 Å². The standard InChI is InChI=1S/C10H21NOSi/c1-10(2,3)11-7-6-8(9(11)12)13(4)5/h8,13H,6-7H2,1-5H3. The number of nitrogens with zero attached hydrogens (tertiary/aromatic N) is 1. The Labute approximate surface area is 82.9 Å². The Morgan fingerprint density at radius 1 is 1.38 bits per heavy atom. The van der Waals surface area contributed by atoms with Gasteiger partial charge in [-0.05, 0) is 27.2 Å². The van der Waals surface area contributed by atoms with E-state index in [9.17, 15) is 4.79 Å². The van der Waals surface area contributed by atoms with E-state index in [1.165, 1.54) is 0 Å². The van der Waals surface area contributed by atoms with Crippen molar-refractivity contribution in [1.29, 1.82) is 0 Å². The summed E-state index contributed by atoms with van der Waals surface area (Å²) >= 11 is 0. The van der Waals surface area contributed by atoms with E-state index in [1.807, 2.05) is 4.90 Å². The number of likely N-dealkylation sites (tertiary alicyclic amines) is 1. The van der Waals surface area contributed by atoms with Gasteiger partial charge in [0.1, 0.15) is 0 Å². The first-order valence-corrected chi connectivity index (χ1v) is 8.13. The van der Waals surface area contributed by atoms with E-state index >= 15 is 0 Å². The highest BCUT2D eigenvalue weighted by Gasteiger charge is 2.38. The van der Waals surface area contributed by atoms with Crippen LogP contribution in [0.25, 0.3) is 0 Å². The topological polar surface area (TPSA) is 20.3 Å². The third-order valence-corrected chi connectivity index (χ3v) is 5.09. The minimum atomic E-state index is -0.782. The van der Waals surface area contributed by atoms with Gasteiger partial charge in [-0.2, -0.15) is 0 Å². The van der Waals surface area contributed by atoms with Gasteiger partial charge in [0.15, 0.2) is 0 Å². The van der Waals surface area contributed by atoms with E-state index in [-0.39, 0.29) is 5.54 Å². The molecule has 0 radical (unpaired) electrons. The number of hydrogen-bond donors (Lipinski definition) is 0. The summed E-state index contributed by atoms with van der Waals surface area (Å²) in [5, 5.41) is 0. The lowest BCUT2D eigenvalue weighted by Crippen LogP contribution is -2.43. The zero-order valence-electron chi connectivity index (χ0n) is 9.42. The van der Waals surface area contributed by atoms with Crippen molar-refractivity contribution < 1.29 is 4.79 Å². The molecule has 2 nitrogen and oxygen atoms in total. The van der Waals surface area contributed by atoms with Crippen molar-refractivity contribution in [2.24, 2.45) is 0 Å². The van der Waals surface area contributed by atoms with Gasteiger partial charge in [0.25, 0.3) is 0 Å². The summed E-state index contributed by atoms with van der Waals surface area (Å²) in [4.78, 5) is 14.0. The summed E-state index contributed by atoms with van der Waals surface area (Å²) in [6.07, 6.45) is 1.10. The average molecular weight is 199 g/mol. The van der Waals surface area contributed by atoms with Crippen LogP contribution >= 0.6 is 0 Å². The van der Waals surface area contributed by atoms with Crippen LogP contribution < -0.4 is 0 Å². The highest BCUT2D eigenvalue weighted by Crippen LogP contribution is 2.31. The molecule has 1 rings (SSSR count). The fourth-order valence-corrected chi connectivity index (χ4v) is 3.55. The summed E-state index contributed by atoms with van der Waals surface area (Å²) in [6, 6.07) is 0. The van der Waals surface area contributed by atoms with Crippen molar-refractivity contribution in [2.45, 2.75) is 51.4 Å². The Morgan fingerprint density at radius 2 is 1.92 bits per heavy atom. The highest BCUT2D eigenvalue weighted by atomic mass is 28.3. The molecule has 1 aliphatic heterocycles. The first kappa shape index (κ1) is 10.8. The largest absolute Gasteiger partial charge is 0.338 e. The van der Waals surface area contributed by atoms with Gasteiger partial charge >= 0.3 is 0 Å². The maximum Gasteiger partial charge on any atom is 0.223 e. The van der Waals surface area contributed by atoms with Crippen molar-refractivity contribution >= 4 is 14.7 Å². The summed E-state index contributed by atoms with van der Waals surface area (Å²) in [5.41, 5.74) is 0.425. The molecule has 1 fully saturated rings. The first-order chi connectivity index (χ1) is 5.84. The molecule has 1 heterocycles. The summed E-state index contributed by atoms with van der Waals surface area (Å²) < 4.78 is 0. The molecule has 1 amide bonds. The molecule has 0 spiro atoms. The van der Waals surface area contributed by atoms with Crippen LogP contribution in [0.3, 0.4) is 0 Å². The monoisotopic (exact) mass is 199 g/mol. The van der Waals surface area contributed by atoms with E-state index in [0.717, 1.165) is 13.0 Å². The second-order valence-electron chi connectivity index (χ2n) is 5.30. The maximum absolute atomic E-state index is 12.0. The molecule has 13 heavy (non-hydrogen) atoms. The second-order valence-corrected chi connectivity index (χ2v) is 8.59. The molecule has 0 aliphatic carbocycles. The quantitative estimate of drug-likeness (QED) is 0.590. The molecule has 3 heteroatoms. The third kappa shape index (κ3) is 2.13. The Morgan fingerprint density at radius 3 is 2.15 bits per heavy atom. The van der Waals surface area contributed by atoms with E-state index < -0.39 is 8.80 Å². The maximum atomic E-state index is 12.0. The lowest BCUT2D eigenvalue weighted by atomic mass is 10.1. The van der Waals surface area contributed by atoms with Crippen LogP contribution in [0.1, 0.15) is 27.2 Å². The van der Waals surface area contributed by atoms with Gasteiger partial charge in [-0.25, -0.2) is 0 Å². The third-order valence-electron chi connectivity index (χ3n) is 2.86. The Kier molecular flexibility index (Phi) is 2.85. The molecule has 76 valence electrons. The summed E-state index contributed by atoms with van der Waals surface area (Å²) in [5.74, 6) is 0.411. The minimum Gasteiger partial charge on any atom is -0.338 e. The first-order valence-electron chi connectivity index (χ1n) is 5.15. The summed E-state index contributed by atoms with van der Waals surface area (Å²) in [6.45, 7) is 11.9. The number of carbonyl (C=O) groups excluding carboxylic acids is 1. The molecular formula is C10H21NOSi. The van der Waals surface area contributed by atoms with Gasteiger partial charge in [0.05, 0.1) is 0 Å². The van der Waals surface area contributed by atoms with Crippen molar-refractivity contribution in [1.82, 2.24) is 4.90 Å². The molecule has 0 aromatic rings. The molecule has 0 aromatic carbocycles. The van der Waals surface area contributed by atoms with Gasteiger partial charge in [0, 0.05) is 26.4 Å². The van der Waals surface area contributed by atoms with Crippen LogP contribution in [0, 0.1) is 0 Å².